The Morgan fingerprint density at radius 2 is 0.564 bits per heavy atom. The Kier molecular flexibility index (Phi) is 16.4. The van der Waals surface area contributed by atoms with Crippen LogP contribution in [-0.2, 0) is 0 Å². The van der Waals surface area contributed by atoms with E-state index in [4.69, 9.17) is 5.73 Å². The van der Waals surface area contributed by atoms with E-state index in [9.17, 15) is 0 Å². The molecule has 8 aromatic carbocycles. The van der Waals surface area contributed by atoms with Crippen molar-refractivity contribution in [1.29, 1.82) is 0 Å². The number of benzene rings is 8. The van der Waals surface area contributed by atoms with Crippen LogP contribution in [0.3, 0.4) is 0 Å². The Morgan fingerprint density at radius 3 is 0.873 bits per heavy atom. The SMILES string of the molecule is Brc1ccc(N(c2ccccc2)c2ccccc2)cc1.C.C.Nc1ccccc1.c1ccc(Nc2ccc(N(c3ccccc3)c3ccccc3)cc2)cc1. The van der Waals surface area contributed by atoms with Gasteiger partial charge in [0.25, 0.3) is 0 Å². The maximum absolute atomic E-state index is 5.36. The lowest BCUT2D eigenvalue weighted by molar-refractivity contribution is 1.28. The molecule has 0 atom stereocenters. The number of rotatable bonds is 8. The van der Waals surface area contributed by atoms with Gasteiger partial charge in [-0.3, -0.25) is 0 Å². The van der Waals surface area contributed by atoms with Crippen molar-refractivity contribution >= 4 is 67.1 Å². The number of nitrogen functional groups attached to an aromatic ring is 1. The Morgan fingerprint density at radius 1 is 0.309 bits per heavy atom. The highest BCUT2D eigenvalue weighted by Crippen LogP contribution is 2.36. The summed E-state index contributed by atoms with van der Waals surface area (Å²) in [5.41, 5.74) is 15.2. The molecule has 0 fully saturated rings. The van der Waals surface area contributed by atoms with Crippen molar-refractivity contribution in [3.05, 3.63) is 235 Å². The summed E-state index contributed by atoms with van der Waals surface area (Å²) in [6.07, 6.45) is 0. The zero-order valence-electron chi connectivity index (χ0n) is 29.3. The lowest BCUT2D eigenvalue weighted by Gasteiger charge is -2.25. The van der Waals surface area contributed by atoms with Gasteiger partial charge in [0.2, 0.25) is 0 Å². The zero-order valence-corrected chi connectivity index (χ0v) is 30.9. The first-order valence-corrected chi connectivity index (χ1v) is 18.2. The van der Waals surface area contributed by atoms with Gasteiger partial charge in [0, 0.05) is 55.7 Å². The van der Waals surface area contributed by atoms with Gasteiger partial charge in [0.1, 0.15) is 0 Å². The lowest BCUT2D eigenvalue weighted by atomic mass is 10.2. The molecular weight excluding hydrogens is 736 g/mol. The predicted octanol–water partition coefficient (Wildman–Crippen LogP) is 15.4. The standard InChI is InChI=1S/C24H20N2.C18H14BrN.C6H7N.2CH4/c1-4-10-20(11-5-1)25-21-16-18-24(19-17-21)26(22-12-6-2-7-13-22)23-14-8-3-9-15-23;19-15-11-13-18(14-12-15)20(16-7-3-1-4-8-16)17-9-5-2-6-10-17;7-6-4-2-1-3-5-6;;/h1-19,25H;1-14H;1-5H,7H2;2*1H4. The number of nitrogens with two attached hydrogens (primary N) is 1. The van der Waals surface area contributed by atoms with Crippen LogP contribution in [0.5, 0.6) is 0 Å². The van der Waals surface area contributed by atoms with Crippen molar-refractivity contribution in [3.63, 3.8) is 0 Å². The van der Waals surface area contributed by atoms with E-state index in [0.717, 1.165) is 55.7 Å². The van der Waals surface area contributed by atoms with Crippen molar-refractivity contribution < 1.29 is 0 Å². The Bertz CT molecular complexity index is 2110. The predicted molar refractivity (Wildman–Crippen MR) is 244 cm³/mol. The van der Waals surface area contributed by atoms with Crippen molar-refractivity contribution in [3.8, 4) is 0 Å². The smallest absolute Gasteiger partial charge is 0.0463 e. The van der Waals surface area contributed by atoms with E-state index in [1.54, 1.807) is 0 Å². The molecule has 0 aliphatic rings. The second-order valence-electron chi connectivity index (χ2n) is 11.9. The Balaban J connectivity index is 0.000000206. The fraction of sp³-hybridized carbons (Fsp3) is 0.0400. The normalized spacial score (nSPS) is 9.69. The van der Waals surface area contributed by atoms with Gasteiger partial charge in [-0.05, 0) is 121 Å². The van der Waals surface area contributed by atoms with Crippen molar-refractivity contribution in [1.82, 2.24) is 0 Å². The number of para-hydroxylation sites is 6. The molecule has 0 aliphatic heterocycles. The summed E-state index contributed by atoms with van der Waals surface area (Å²) < 4.78 is 1.09. The summed E-state index contributed by atoms with van der Waals surface area (Å²) in [6, 6.07) is 78.2. The molecule has 55 heavy (non-hydrogen) atoms. The summed E-state index contributed by atoms with van der Waals surface area (Å²) in [4.78, 5) is 4.50. The van der Waals surface area contributed by atoms with E-state index in [2.05, 4.69) is 189 Å². The van der Waals surface area contributed by atoms with Gasteiger partial charge in [-0.25, -0.2) is 0 Å². The monoisotopic (exact) mass is 784 g/mol. The molecule has 0 heterocycles. The molecule has 0 aliphatic carbocycles. The second-order valence-corrected chi connectivity index (χ2v) is 12.9. The van der Waals surface area contributed by atoms with Crippen LogP contribution in [0.15, 0.2) is 235 Å². The average molecular weight is 786 g/mol. The minimum Gasteiger partial charge on any atom is -0.399 e. The number of hydrogen-bond donors (Lipinski definition) is 2. The summed E-state index contributed by atoms with van der Waals surface area (Å²) >= 11 is 3.49. The number of nitrogens with one attached hydrogen (secondary N) is 1. The van der Waals surface area contributed by atoms with Crippen LogP contribution in [-0.4, -0.2) is 0 Å². The molecular formula is C50H49BrN4. The van der Waals surface area contributed by atoms with Crippen molar-refractivity contribution in [2.45, 2.75) is 14.9 Å². The molecule has 3 N–H and O–H groups in total. The fourth-order valence-electron chi connectivity index (χ4n) is 5.63. The molecule has 0 aromatic heterocycles. The highest BCUT2D eigenvalue weighted by Gasteiger charge is 2.12. The Labute approximate surface area is 336 Å². The number of hydrogen-bond acceptors (Lipinski definition) is 4. The molecule has 0 bridgehead atoms. The summed E-state index contributed by atoms with van der Waals surface area (Å²) in [5.74, 6) is 0. The molecule has 4 nitrogen and oxygen atoms in total. The maximum atomic E-state index is 5.36. The highest BCUT2D eigenvalue weighted by atomic mass is 79.9. The van der Waals surface area contributed by atoms with Crippen LogP contribution >= 0.6 is 15.9 Å². The molecule has 0 spiro atoms. The van der Waals surface area contributed by atoms with Crippen LogP contribution in [0.25, 0.3) is 0 Å². The summed E-state index contributed by atoms with van der Waals surface area (Å²) in [6.45, 7) is 0. The van der Waals surface area contributed by atoms with E-state index in [1.165, 1.54) is 0 Å². The van der Waals surface area contributed by atoms with Crippen LogP contribution < -0.4 is 20.9 Å². The van der Waals surface area contributed by atoms with Gasteiger partial charge in [-0.2, -0.15) is 0 Å². The Hall–Kier alpha value is -6.56. The van der Waals surface area contributed by atoms with Crippen LogP contribution in [0.4, 0.5) is 51.2 Å². The number of anilines is 9. The van der Waals surface area contributed by atoms with E-state index < -0.39 is 0 Å². The van der Waals surface area contributed by atoms with Crippen molar-refractivity contribution in [2.75, 3.05) is 20.9 Å². The van der Waals surface area contributed by atoms with Gasteiger partial charge >= 0.3 is 0 Å². The van der Waals surface area contributed by atoms with Crippen LogP contribution in [0.1, 0.15) is 14.9 Å². The molecule has 276 valence electrons. The minimum absolute atomic E-state index is 0. The van der Waals surface area contributed by atoms with E-state index in [-0.39, 0.29) is 14.9 Å². The third kappa shape index (κ3) is 12.2. The van der Waals surface area contributed by atoms with Gasteiger partial charge < -0.3 is 20.9 Å². The minimum atomic E-state index is 0. The first kappa shape index (κ1) is 41.2. The van der Waals surface area contributed by atoms with Gasteiger partial charge in [-0.15, -0.1) is 0 Å². The molecule has 8 aromatic rings. The van der Waals surface area contributed by atoms with E-state index >= 15 is 0 Å². The van der Waals surface area contributed by atoms with E-state index in [0.29, 0.717) is 0 Å². The number of halogens is 1. The van der Waals surface area contributed by atoms with Gasteiger partial charge in [0.15, 0.2) is 0 Å². The molecule has 0 saturated carbocycles. The quantitative estimate of drug-likeness (QED) is 0.151. The summed E-state index contributed by atoms with van der Waals surface area (Å²) in [5, 5.41) is 3.43. The molecule has 8 rings (SSSR count). The molecule has 5 heteroatoms. The van der Waals surface area contributed by atoms with Gasteiger partial charge in [0.05, 0.1) is 0 Å². The lowest BCUT2D eigenvalue weighted by Crippen LogP contribution is -2.09. The third-order valence-electron chi connectivity index (χ3n) is 8.13. The third-order valence-corrected chi connectivity index (χ3v) is 8.66. The van der Waals surface area contributed by atoms with E-state index in [1.807, 2.05) is 72.8 Å². The first-order chi connectivity index (χ1) is 26.1. The van der Waals surface area contributed by atoms with Crippen LogP contribution in [0, 0.1) is 0 Å². The maximum Gasteiger partial charge on any atom is 0.0463 e. The average Bonchev–Trinajstić information content (AvgIpc) is 3.22. The van der Waals surface area contributed by atoms with Crippen molar-refractivity contribution in [2.24, 2.45) is 0 Å². The first-order valence-electron chi connectivity index (χ1n) is 17.4. The largest absolute Gasteiger partial charge is 0.399 e. The second kappa shape index (κ2) is 21.8. The molecule has 0 saturated heterocycles. The molecule has 0 unspecified atom stereocenters. The topological polar surface area (TPSA) is 44.5 Å². The van der Waals surface area contributed by atoms with Crippen LogP contribution in [0.2, 0.25) is 0 Å². The summed E-state index contributed by atoms with van der Waals surface area (Å²) in [7, 11) is 0. The highest BCUT2D eigenvalue weighted by molar-refractivity contribution is 9.10. The zero-order chi connectivity index (χ0) is 36.5. The number of nitrogens with zero attached hydrogens (tertiary/aromatic N) is 2. The molecule has 0 amide bonds. The molecule has 0 radical (unpaired) electrons. The fourth-order valence-corrected chi connectivity index (χ4v) is 5.89. The van der Waals surface area contributed by atoms with Gasteiger partial charge in [-0.1, -0.05) is 140 Å².